The maximum Gasteiger partial charge on any atom is 0.439 e. The van der Waals surface area contributed by atoms with E-state index in [0.29, 0.717) is 12.4 Å². The van der Waals surface area contributed by atoms with Gasteiger partial charge in [0, 0.05) is 24.1 Å². The minimum absolute atomic E-state index is 0.412. The summed E-state index contributed by atoms with van der Waals surface area (Å²) in [7, 11) is 0. The first-order valence-corrected chi connectivity index (χ1v) is 12.9. The number of fused-ring (bicyclic) bond motifs is 1. The summed E-state index contributed by atoms with van der Waals surface area (Å²) in [6.45, 7) is 8.35. The van der Waals surface area contributed by atoms with Crippen LogP contribution in [0.25, 0.3) is 22.2 Å². The molecule has 38 heavy (non-hydrogen) atoms. The van der Waals surface area contributed by atoms with E-state index in [0.717, 1.165) is 63.1 Å². The van der Waals surface area contributed by atoms with Crippen molar-refractivity contribution in [3.63, 3.8) is 0 Å². The van der Waals surface area contributed by atoms with Crippen molar-refractivity contribution in [3.8, 4) is 0 Å². The van der Waals surface area contributed by atoms with Gasteiger partial charge < -0.3 is 9.67 Å². The molecule has 0 amide bonds. The Bertz CT molecular complexity index is 1650. The molecule has 2 N–H and O–H groups in total. The molecule has 0 aliphatic heterocycles. The first-order valence-electron chi connectivity index (χ1n) is 12.9. The molecule has 0 radical (unpaired) electrons. The molecule has 2 aromatic heterocycles. The lowest BCUT2D eigenvalue weighted by Gasteiger charge is -2.18. The molecule has 0 aliphatic rings. The molecule has 7 heteroatoms. The minimum atomic E-state index is -0.976. The number of H-pyrrole nitrogens is 1. The lowest BCUT2D eigenvalue weighted by atomic mass is 9.92. The van der Waals surface area contributed by atoms with Crippen LogP contribution in [0.1, 0.15) is 68.0 Å². The summed E-state index contributed by atoms with van der Waals surface area (Å²) < 4.78 is 7.01. The Hall–Kier alpha value is -4.23. The molecular weight excluding hydrogens is 476 g/mol. The van der Waals surface area contributed by atoms with Crippen molar-refractivity contribution in [3.05, 3.63) is 117 Å². The molecule has 5 rings (SSSR count). The van der Waals surface area contributed by atoms with Crippen molar-refractivity contribution in [1.29, 1.82) is 0 Å². The first-order chi connectivity index (χ1) is 18.3. The molecule has 0 atom stereocenters. The van der Waals surface area contributed by atoms with Gasteiger partial charge in [0.05, 0.1) is 16.6 Å². The van der Waals surface area contributed by atoms with Crippen molar-refractivity contribution in [1.82, 2.24) is 19.7 Å². The first kappa shape index (κ1) is 25.4. The Labute approximate surface area is 221 Å². The topological polar surface area (TPSA) is 96.9 Å². The molecule has 0 saturated heterocycles. The third-order valence-electron chi connectivity index (χ3n) is 6.81. The van der Waals surface area contributed by atoms with Crippen LogP contribution in [-0.4, -0.2) is 24.8 Å². The largest absolute Gasteiger partial charge is 0.439 e. The molecule has 0 spiro atoms. The molecule has 194 valence electrons. The van der Waals surface area contributed by atoms with E-state index in [9.17, 15) is 9.90 Å². The summed E-state index contributed by atoms with van der Waals surface area (Å²) in [6, 6.07) is 24.5. The Morgan fingerprint density at radius 1 is 1.00 bits per heavy atom. The Kier molecular flexibility index (Phi) is 6.87. The van der Waals surface area contributed by atoms with Gasteiger partial charge in [-0.1, -0.05) is 78.8 Å². The van der Waals surface area contributed by atoms with Crippen LogP contribution in [0.4, 0.5) is 0 Å². The third kappa shape index (κ3) is 4.97. The number of aromatic nitrogens is 4. The predicted octanol–water partition coefficient (Wildman–Crippen LogP) is 5.92. The van der Waals surface area contributed by atoms with Crippen molar-refractivity contribution >= 4 is 22.2 Å². The van der Waals surface area contributed by atoms with Crippen LogP contribution in [0.2, 0.25) is 0 Å². The number of imidazole rings is 1. The summed E-state index contributed by atoms with van der Waals surface area (Å²) >= 11 is 0. The Morgan fingerprint density at radius 2 is 1.71 bits per heavy atom. The van der Waals surface area contributed by atoms with Gasteiger partial charge in [0.2, 0.25) is 0 Å². The second-order valence-corrected chi connectivity index (χ2v) is 10.1. The van der Waals surface area contributed by atoms with Crippen molar-refractivity contribution < 1.29 is 9.63 Å². The summed E-state index contributed by atoms with van der Waals surface area (Å²) in [5.41, 5.74) is 6.69. The molecule has 0 saturated carbocycles. The average Bonchev–Trinajstić information content (AvgIpc) is 3.49. The van der Waals surface area contributed by atoms with Crippen LogP contribution < -0.4 is 5.76 Å². The van der Waals surface area contributed by atoms with E-state index in [1.807, 2.05) is 49.4 Å². The third-order valence-corrected chi connectivity index (χ3v) is 6.81. The van der Waals surface area contributed by atoms with Crippen LogP contribution in [0.3, 0.4) is 0 Å². The molecule has 0 fully saturated rings. The zero-order valence-corrected chi connectivity index (χ0v) is 22.2. The Balaban J connectivity index is 1.55. The molecule has 7 nitrogen and oxygen atoms in total. The number of nitrogens with zero attached hydrogens (tertiary/aromatic N) is 3. The van der Waals surface area contributed by atoms with Gasteiger partial charge in [0.1, 0.15) is 5.82 Å². The highest BCUT2D eigenvalue weighted by Crippen LogP contribution is 2.32. The van der Waals surface area contributed by atoms with Crippen LogP contribution in [0, 0.1) is 0 Å². The van der Waals surface area contributed by atoms with E-state index in [-0.39, 0.29) is 0 Å². The number of hydrogen-bond donors (Lipinski definition) is 2. The van der Waals surface area contributed by atoms with Gasteiger partial charge in [-0.05, 0) is 55.5 Å². The molecule has 3 aromatic carbocycles. The summed E-state index contributed by atoms with van der Waals surface area (Å²) in [6.07, 6.45) is 1.84. The number of aliphatic hydroxyl groups is 1. The molecule has 0 aliphatic carbocycles. The van der Waals surface area contributed by atoms with Crippen LogP contribution in [0.15, 0.2) is 82.1 Å². The van der Waals surface area contributed by atoms with Gasteiger partial charge in [-0.25, -0.2) is 9.78 Å². The number of benzene rings is 3. The van der Waals surface area contributed by atoms with Gasteiger partial charge in [0.25, 0.3) is 0 Å². The monoisotopic (exact) mass is 508 g/mol. The highest BCUT2D eigenvalue weighted by Gasteiger charge is 2.23. The SMILES string of the molecule is CCCc1nc2c(C(C)(C)O)cccc2n1Cc1ccc(/C(=C(\C)c2noc(=O)[nH]2)c2ccccc2)cc1. The van der Waals surface area contributed by atoms with Crippen LogP contribution in [-0.2, 0) is 18.6 Å². The van der Waals surface area contributed by atoms with Crippen molar-refractivity contribution in [2.45, 2.75) is 52.7 Å². The van der Waals surface area contributed by atoms with Gasteiger partial charge in [-0.2, -0.15) is 0 Å². The maximum atomic E-state index is 11.6. The van der Waals surface area contributed by atoms with Gasteiger partial charge in [-0.3, -0.25) is 9.51 Å². The summed E-state index contributed by atoms with van der Waals surface area (Å²) in [4.78, 5) is 19.2. The fourth-order valence-corrected chi connectivity index (χ4v) is 4.95. The summed E-state index contributed by atoms with van der Waals surface area (Å²) in [5, 5.41) is 14.6. The van der Waals surface area contributed by atoms with Gasteiger partial charge in [0.15, 0.2) is 5.82 Å². The highest BCUT2D eigenvalue weighted by atomic mass is 16.5. The van der Waals surface area contributed by atoms with E-state index in [1.54, 1.807) is 13.8 Å². The van der Waals surface area contributed by atoms with E-state index in [2.05, 4.69) is 52.0 Å². The van der Waals surface area contributed by atoms with Crippen molar-refractivity contribution in [2.24, 2.45) is 0 Å². The summed E-state index contributed by atoms with van der Waals surface area (Å²) in [5.74, 6) is 0.846. The lowest BCUT2D eigenvalue weighted by molar-refractivity contribution is 0.0800. The van der Waals surface area contributed by atoms with Crippen LogP contribution in [0.5, 0.6) is 0 Å². The zero-order chi connectivity index (χ0) is 26.9. The number of aryl methyl sites for hydroxylation is 1. The molecule has 0 bridgehead atoms. The quantitative estimate of drug-likeness (QED) is 0.271. The normalized spacial score (nSPS) is 12.7. The number of hydrogen-bond acceptors (Lipinski definition) is 5. The Morgan fingerprint density at radius 3 is 2.34 bits per heavy atom. The zero-order valence-electron chi connectivity index (χ0n) is 22.2. The fourth-order valence-electron chi connectivity index (χ4n) is 4.95. The molecule has 0 unspecified atom stereocenters. The molecule has 2 heterocycles. The van der Waals surface area contributed by atoms with Gasteiger partial charge in [-0.15, -0.1) is 0 Å². The second kappa shape index (κ2) is 10.3. The van der Waals surface area contributed by atoms with E-state index in [1.165, 1.54) is 0 Å². The highest BCUT2D eigenvalue weighted by molar-refractivity contribution is 5.96. The second-order valence-electron chi connectivity index (χ2n) is 10.1. The number of para-hydroxylation sites is 1. The fraction of sp³-hybridized carbons (Fsp3) is 0.258. The molecule has 5 aromatic rings. The minimum Gasteiger partial charge on any atom is -0.386 e. The van der Waals surface area contributed by atoms with E-state index < -0.39 is 11.4 Å². The number of nitrogens with one attached hydrogen (secondary N) is 1. The number of allylic oxidation sites excluding steroid dienone is 1. The van der Waals surface area contributed by atoms with E-state index >= 15 is 0 Å². The van der Waals surface area contributed by atoms with Gasteiger partial charge >= 0.3 is 5.76 Å². The lowest BCUT2D eigenvalue weighted by Crippen LogP contribution is -2.16. The number of aromatic amines is 1. The van der Waals surface area contributed by atoms with Crippen LogP contribution >= 0.6 is 0 Å². The average molecular weight is 509 g/mol. The standard InChI is InChI=1S/C31H32N4O3/c1-5-10-26-32-28-24(31(3,4)37)13-9-14-25(28)35(26)19-21-15-17-23(18-16-21)27(22-11-7-6-8-12-22)20(2)29-33-30(36)38-34-29/h6-9,11-18,37H,5,10,19H2,1-4H3,(H,33,34,36)/b27-20+. The maximum absolute atomic E-state index is 11.6. The number of rotatable bonds is 8. The smallest absolute Gasteiger partial charge is 0.386 e. The molecular formula is C31H32N4O3. The van der Waals surface area contributed by atoms with E-state index in [4.69, 9.17) is 9.51 Å². The van der Waals surface area contributed by atoms with Crippen molar-refractivity contribution in [2.75, 3.05) is 0 Å². The predicted molar refractivity (Wildman–Crippen MR) is 150 cm³/mol.